The van der Waals surface area contributed by atoms with E-state index >= 15 is 0 Å². The second-order valence-corrected chi connectivity index (χ2v) is 3.91. The molecule has 0 aliphatic heterocycles. The van der Waals surface area contributed by atoms with Crippen LogP contribution >= 0.6 is 12.1 Å². The fraction of sp³-hybridized carbons (Fsp3) is 0. The second-order valence-electron chi connectivity index (χ2n) is 3.91. The Morgan fingerprint density at radius 3 is 1.87 bits per heavy atom. The number of phenols is 2. The van der Waals surface area contributed by atoms with Gasteiger partial charge in [0.15, 0.2) is 0 Å². The van der Waals surface area contributed by atoms with Gasteiger partial charge in [-0.15, -0.1) is 0 Å². The summed E-state index contributed by atoms with van der Waals surface area (Å²) >= 11 is 3.58. The molecule has 1 radical (unpaired) electrons. The van der Waals surface area contributed by atoms with Crippen LogP contribution in [0, 0.1) is 10.1 Å². The molecule has 2 N–H and O–H groups in total. The molecule has 8 heteroatoms. The summed E-state index contributed by atoms with van der Waals surface area (Å²) in [7, 11) is 0. The Morgan fingerprint density at radius 1 is 1.00 bits per heavy atom. The SMILES string of the molecule is O=Cc1cccc(O)c1.O=[N+]([O-])/C=C/c1cccc(O)c1.[B]=S. The summed E-state index contributed by atoms with van der Waals surface area (Å²) in [5.74, 6) is 0.222. The fourth-order valence-corrected chi connectivity index (χ4v) is 1.37. The van der Waals surface area contributed by atoms with E-state index < -0.39 is 4.92 Å². The van der Waals surface area contributed by atoms with Gasteiger partial charge in [-0.25, -0.2) is 0 Å². The molecule has 23 heavy (non-hydrogen) atoms. The normalized spacial score (nSPS) is 9.00. The van der Waals surface area contributed by atoms with Crippen LogP contribution in [0.15, 0.2) is 54.7 Å². The number of carbonyl (C=O) groups is 1. The predicted octanol–water partition coefficient (Wildman–Crippen LogP) is 3.11. The van der Waals surface area contributed by atoms with E-state index in [0.29, 0.717) is 17.4 Å². The van der Waals surface area contributed by atoms with Crippen LogP contribution in [-0.4, -0.2) is 28.1 Å². The molecule has 0 fully saturated rings. The first-order chi connectivity index (χ1) is 11.0. The first-order valence-corrected chi connectivity index (χ1v) is 6.57. The number of hydrogen-bond donors (Lipinski definition) is 2. The standard InChI is InChI=1S/C8H7NO3.C7H6O2.BS/c10-8-3-1-2-7(6-8)4-5-9(11)12;8-5-6-2-1-3-7(9)4-6;1-2/h1-6,10H;1-5,9H;/b5-4+;;. The number of phenolic OH excluding ortho intramolecular Hbond substituents is 2. The van der Waals surface area contributed by atoms with Crippen LogP contribution in [0.2, 0.25) is 0 Å². The molecule has 0 aliphatic rings. The number of nitrogens with zero attached hydrogens (tertiary/aromatic N) is 1. The summed E-state index contributed by atoms with van der Waals surface area (Å²) in [5.41, 5.74) is 1.10. The van der Waals surface area contributed by atoms with Crippen LogP contribution in [0.5, 0.6) is 11.5 Å². The number of hydrogen-bond acceptors (Lipinski definition) is 6. The quantitative estimate of drug-likeness (QED) is 0.388. The van der Waals surface area contributed by atoms with E-state index in [0.717, 1.165) is 6.20 Å². The Hall–Kier alpha value is -2.87. The number of aromatic hydroxyl groups is 2. The molecule has 2 aromatic rings. The van der Waals surface area contributed by atoms with Crippen molar-refractivity contribution < 1.29 is 19.9 Å². The summed E-state index contributed by atoms with van der Waals surface area (Å²) in [6.45, 7) is 4.08. The predicted molar refractivity (Wildman–Crippen MR) is 91.0 cm³/mol. The molecule has 0 atom stereocenters. The Kier molecular flexibility index (Phi) is 10.3. The summed E-state index contributed by atoms with van der Waals surface area (Å²) in [5, 5.41) is 27.7. The van der Waals surface area contributed by atoms with E-state index in [1.807, 2.05) is 0 Å². The van der Waals surface area contributed by atoms with Crippen molar-refractivity contribution in [2.45, 2.75) is 0 Å². The van der Waals surface area contributed by atoms with Crippen molar-refractivity contribution in [1.82, 2.24) is 0 Å². The van der Waals surface area contributed by atoms with E-state index in [1.165, 1.54) is 30.3 Å². The fourth-order valence-electron chi connectivity index (χ4n) is 1.37. The number of nitro groups is 1. The van der Waals surface area contributed by atoms with Gasteiger partial charge in [0.1, 0.15) is 17.8 Å². The molecule has 0 spiro atoms. The zero-order valence-electron chi connectivity index (χ0n) is 11.9. The van der Waals surface area contributed by atoms with Gasteiger partial charge in [0.25, 0.3) is 0 Å². The van der Waals surface area contributed by atoms with Crippen molar-refractivity contribution in [3.05, 3.63) is 76.0 Å². The number of benzene rings is 2. The van der Waals surface area contributed by atoms with Gasteiger partial charge in [0.2, 0.25) is 6.20 Å². The van der Waals surface area contributed by atoms with Crippen molar-refractivity contribution in [3.63, 3.8) is 0 Å². The van der Waals surface area contributed by atoms with E-state index in [4.69, 9.17) is 10.2 Å². The molecule has 6 nitrogen and oxygen atoms in total. The molecule has 0 aromatic heterocycles. The maximum absolute atomic E-state index is 10.0. The maximum atomic E-state index is 10.0. The van der Waals surface area contributed by atoms with Gasteiger partial charge in [-0.3, -0.25) is 14.9 Å². The minimum absolute atomic E-state index is 0.0977. The summed E-state index contributed by atoms with van der Waals surface area (Å²) < 4.78 is 0. The Bertz CT molecular complexity index is 678. The molecule has 0 unspecified atom stereocenters. The molecule has 0 saturated carbocycles. The summed E-state index contributed by atoms with van der Waals surface area (Å²) in [6, 6.07) is 12.4. The Labute approximate surface area is 139 Å². The first-order valence-electron chi connectivity index (χ1n) is 6.10. The van der Waals surface area contributed by atoms with Gasteiger partial charge in [-0.05, 0) is 29.8 Å². The average molecular weight is 330 g/mol. The van der Waals surface area contributed by atoms with Crippen molar-refractivity contribution >= 4 is 31.1 Å². The van der Waals surface area contributed by atoms with E-state index in [-0.39, 0.29) is 11.5 Å². The minimum atomic E-state index is -0.552. The average Bonchev–Trinajstić information content (AvgIpc) is 2.55. The van der Waals surface area contributed by atoms with Crippen LogP contribution in [0.1, 0.15) is 15.9 Å². The van der Waals surface area contributed by atoms with Gasteiger partial charge in [-0.2, -0.15) is 0 Å². The van der Waals surface area contributed by atoms with Crippen LogP contribution in [0.25, 0.3) is 6.08 Å². The van der Waals surface area contributed by atoms with Gasteiger partial charge in [-0.1, -0.05) is 24.3 Å². The van der Waals surface area contributed by atoms with E-state index in [1.54, 1.807) is 24.3 Å². The molecule has 2 aromatic carbocycles. The monoisotopic (exact) mass is 330 g/mol. The summed E-state index contributed by atoms with van der Waals surface area (Å²) in [4.78, 5) is 19.4. The molecule has 0 saturated heterocycles. The van der Waals surface area contributed by atoms with Crippen LogP contribution < -0.4 is 0 Å². The molecular weight excluding hydrogens is 317 g/mol. The Balaban J connectivity index is 0.000000392. The third-order valence-corrected chi connectivity index (χ3v) is 2.27. The van der Waals surface area contributed by atoms with Gasteiger partial charge in [0.05, 0.1) is 4.92 Å². The number of carbonyl (C=O) groups excluding carboxylic acids is 1. The van der Waals surface area contributed by atoms with Crippen LogP contribution in [0.4, 0.5) is 0 Å². The third-order valence-electron chi connectivity index (χ3n) is 2.27. The zero-order chi connectivity index (χ0) is 17.7. The van der Waals surface area contributed by atoms with Crippen LogP contribution in [-0.2, 0) is 0 Å². The molecule has 0 heterocycles. The molecule has 0 bridgehead atoms. The van der Waals surface area contributed by atoms with Crippen molar-refractivity contribution in [1.29, 1.82) is 0 Å². The summed E-state index contributed by atoms with van der Waals surface area (Å²) in [6.07, 6.45) is 2.84. The third kappa shape index (κ3) is 9.64. The zero-order valence-corrected chi connectivity index (χ0v) is 12.7. The number of rotatable bonds is 3. The van der Waals surface area contributed by atoms with Gasteiger partial charge >= 0.3 is 18.8 Å². The molecular formula is C15H13BNO5S. The second kappa shape index (κ2) is 11.8. The van der Waals surface area contributed by atoms with Crippen molar-refractivity contribution in [3.8, 4) is 11.5 Å². The first kappa shape index (κ1) is 20.1. The number of aldehydes is 1. The molecule has 0 aliphatic carbocycles. The molecule has 117 valence electrons. The molecule has 0 amide bonds. The van der Waals surface area contributed by atoms with E-state index in [2.05, 4.69) is 18.8 Å². The Morgan fingerprint density at radius 2 is 1.48 bits per heavy atom. The molecule has 2 rings (SSSR count). The van der Waals surface area contributed by atoms with Crippen molar-refractivity contribution in [2.75, 3.05) is 0 Å². The van der Waals surface area contributed by atoms with Gasteiger partial charge < -0.3 is 10.2 Å². The van der Waals surface area contributed by atoms with Crippen LogP contribution in [0.3, 0.4) is 0 Å². The topological polar surface area (TPSA) is 101 Å². The van der Waals surface area contributed by atoms with E-state index in [9.17, 15) is 14.9 Å². The van der Waals surface area contributed by atoms with Gasteiger partial charge in [0, 0.05) is 11.6 Å². The van der Waals surface area contributed by atoms with Crippen molar-refractivity contribution in [2.24, 2.45) is 0 Å².